The second-order valence-corrected chi connectivity index (χ2v) is 5.09. The first-order chi connectivity index (χ1) is 8.45. The number of thioether (sulfide) groups is 1. The minimum Gasteiger partial charge on any atom is -0.345 e. The van der Waals surface area contributed by atoms with E-state index in [1.807, 2.05) is 30.5 Å². The van der Waals surface area contributed by atoms with Gasteiger partial charge in [0.05, 0.1) is 4.92 Å². The second kappa shape index (κ2) is 6.44. The van der Waals surface area contributed by atoms with Crippen molar-refractivity contribution in [1.82, 2.24) is 0 Å². The molecule has 0 aliphatic carbocycles. The number of anilines is 1. The highest BCUT2D eigenvalue weighted by atomic mass is 32.2. The molecule has 0 saturated carbocycles. The van der Waals surface area contributed by atoms with Crippen LogP contribution in [0.2, 0.25) is 0 Å². The van der Waals surface area contributed by atoms with Crippen LogP contribution in [-0.4, -0.2) is 11.2 Å². The van der Waals surface area contributed by atoms with Gasteiger partial charge in [-0.05, 0) is 29.9 Å². The lowest BCUT2D eigenvalue weighted by Gasteiger charge is -2.10. The van der Waals surface area contributed by atoms with Gasteiger partial charge in [-0.15, -0.1) is 11.8 Å². The number of benzene rings is 1. The Balaban J connectivity index is 2.90. The van der Waals surface area contributed by atoms with Gasteiger partial charge in [-0.3, -0.25) is 10.1 Å². The van der Waals surface area contributed by atoms with Crippen LogP contribution in [0.25, 0.3) is 0 Å². The number of hydrogen-bond acceptors (Lipinski definition) is 4. The zero-order chi connectivity index (χ0) is 13.7. The standard InChI is InChI=1S/C13H18N2O2S/c1-9(2)11-5-7-12(8-6-11)14-13(18-4)10(3)15(16)17/h5-9,14H,1-4H3/b13-10-. The molecule has 1 aromatic carbocycles. The molecule has 0 spiro atoms. The Morgan fingerprint density at radius 3 is 2.28 bits per heavy atom. The Morgan fingerprint density at radius 1 is 1.33 bits per heavy atom. The van der Waals surface area contributed by atoms with Crippen molar-refractivity contribution in [2.75, 3.05) is 11.6 Å². The topological polar surface area (TPSA) is 55.2 Å². The summed E-state index contributed by atoms with van der Waals surface area (Å²) in [6, 6.07) is 7.95. The molecule has 0 atom stereocenters. The number of nitrogens with zero attached hydrogens (tertiary/aromatic N) is 1. The maximum absolute atomic E-state index is 10.7. The highest BCUT2D eigenvalue weighted by Crippen LogP contribution is 2.22. The number of allylic oxidation sites excluding steroid dienone is 1. The van der Waals surface area contributed by atoms with E-state index < -0.39 is 0 Å². The smallest absolute Gasteiger partial charge is 0.272 e. The zero-order valence-electron chi connectivity index (χ0n) is 11.1. The minimum atomic E-state index is -0.374. The van der Waals surface area contributed by atoms with Gasteiger partial charge < -0.3 is 5.32 Å². The average molecular weight is 266 g/mol. The van der Waals surface area contributed by atoms with Crippen molar-refractivity contribution in [3.05, 3.63) is 50.7 Å². The van der Waals surface area contributed by atoms with Crippen molar-refractivity contribution in [3.8, 4) is 0 Å². The first-order valence-corrected chi connectivity index (χ1v) is 6.94. The summed E-state index contributed by atoms with van der Waals surface area (Å²) in [6.07, 6.45) is 1.82. The molecular formula is C13H18N2O2S. The number of hydrogen-bond donors (Lipinski definition) is 1. The lowest BCUT2D eigenvalue weighted by atomic mass is 10.0. The normalized spacial score (nSPS) is 12.3. The fourth-order valence-corrected chi connectivity index (χ4v) is 2.04. The molecular weight excluding hydrogens is 248 g/mol. The van der Waals surface area contributed by atoms with Crippen LogP contribution < -0.4 is 5.32 Å². The van der Waals surface area contributed by atoms with Crippen molar-refractivity contribution in [2.24, 2.45) is 0 Å². The molecule has 5 heteroatoms. The molecule has 1 rings (SSSR count). The molecule has 0 unspecified atom stereocenters. The van der Waals surface area contributed by atoms with Gasteiger partial charge in [0, 0.05) is 12.6 Å². The molecule has 1 N–H and O–H groups in total. The van der Waals surface area contributed by atoms with Crippen LogP contribution in [0.1, 0.15) is 32.3 Å². The third-order valence-corrected chi connectivity index (χ3v) is 3.45. The third-order valence-electron chi connectivity index (χ3n) is 2.64. The molecule has 4 nitrogen and oxygen atoms in total. The predicted octanol–water partition coefficient (Wildman–Crippen LogP) is 4.05. The van der Waals surface area contributed by atoms with E-state index in [2.05, 4.69) is 19.2 Å². The zero-order valence-corrected chi connectivity index (χ0v) is 11.9. The van der Waals surface area contributed by atoms with Crippen molar-refractivity contribution in [1.29, 1.82) is 0 Å². The lowest BCUT2D eigenvalue weighted by Crippen LogP contribution is -2.05. The summed E-state index contributed by atoms with van der Waals surface area (Å²) in [5.74, 6) is 0.482. The van der Waals surface area contributed by atoms with Gasteiger partial charge >= 0.3 is 0 Å². The van der Waals surface area contributed by atoms with E-state index in [1.165, 1.54) is 24.2 Å². The predicted molar refractivity (Wildman–Crippen MR) is 77.4 cm³/mol. The highest BCUT2D eigenvalue weighted by molar-refractivity contribution is 8.02. The number of nitro groups is 1. The van der Waals surface area contributed by atoms with Crippen LogP contribution in [0.5, 0.6) is 0 Å². The van der Waals surface area contributed by atoms with E-state index in [0.717, 1.165) is 5.69 Å². The van der Waals surface area contributed by atoms with Crippen molar-refractivity contribution in [2.45, 2.75) is 26.7 Å². The monoisotopic (exact) mass is 266 g/mol. The van der Waals surface area contributed by atoms with Crippen LogP contribution in [0.4, 0.5) is 5.69 Å². The van der Waals surface area contributed by atoms with E-state index in [9.17, 15) is 10.1 Å². The average Bonchev–Trinajstić information content (AvgIpc) is 2.35. The highest BCUT2D eigenvalue weighted by Gasteiger charge is 2.12. The van der Waals surface area contributed by atoms with E-state index >= 15 is 0 Å². The summed E-state index contributed by atoms with van der Waals surface area (Å²) in [7, 11) is 0. The molecule has 0 fully saturated rings. The Bertz CT molecular complexity index is 453. The molecule has 0 bridgehead atoms. The molecule has 0 heterocycles. The van der Waals surface area contributed by atoms with Gasteiger partial charge in [-0.2, -0.15) is 0 Å². The fraction of sp³-hybridized carbons (Fsp3) is 0.385. The van der Waals surface area contributed by atoms with Gasteiger partial charge in [0.25, 0.3) is 5.70 Å². The quantitative estimate of drug-likeness (QED) is 0.645. The van der Waals surface area contributed by atoms with Crippen LogP contribution >= 0.6 is 11.8 Å². The van der Waals surface area contributed by atoms with Gasteiger partial charge in [0.15, 0.2) is 0 Å². The minimum absolute atomic E-state index is 0.135. The summed E-state index contributed by atoms with van der Waals surface area (Å²) in [5.41, 5.74) is 2.25. The van der Waals surface area contributed by atoms with Crippen LogP contribution in [0.15, 0.2) is 35.0 Å². The van der Waals surface area contributed by atoms with Gasteiger partial charge in [-0.1, -0.05) is 26.0 Å². The number of nitrogens with one attached hydrogen (secondary N) is 1. The maximum Gasteiger partial charge on any atom is 0.272 e. The molecule has 0 aromatic heterocycles. The molecule has 1 aromatic rings. The SMILES string of the molecule is CS/C(Nc1ccc(C(C)C)cc1)=C(/C)[N+](=O)[O-]. The Morgan fingerprint density at radius 2 is 1.89 bits per heavy atom. The summed E-state index contributed by atoms with van der Waals surface area (Å²) < 4.78 is 0. The first-order valence-electron chi connectivity index (χ1n) is 5.72. The van der Waals surface area contributed by atoms with Crippen LogP contribution in [-0.2, 0) is 0 Å². The third kappa shape index (κ3) is 3.77. The Labute approximate surface area is 112 Å². The van der Waals surface area contributed by atoms with E-state index in [4.69, 9.17) is 0 Å². The summed E-state index contributed by atoms with van der Waals surface area (Å²) in [6.45, 7) is 5.76. The molecule has 0 saturated heterocycles. The molecule has 0 aliphatic heterocycles. The van der Waals surface area contributed by atoms with Gasteiger partial charge in [0.1, 0.15) is 5.03 Å². The van der Waals surface area contributed by atoms with Crippen LogP contribution in [0.3, 0.4) is 0 Å². The van der Waals surface area contributed by atoms with Crippen LogP contribution in [0, 0.1) is 10.1 Å². The fourth-order valence-electron chi connectivity index (χ4n) is 1.45. The van der Waals surface area contributed by atoms with E-state index in [0.29, 0.717) is 10.9 Å². The van der Waals surface area contributed by atoms with E-state index in [1.54, 1.807) is 0 Å². The van der Waals surface area contributed by atoms with Gasteiger partial charge in [-0.25, -0.2) is 0 Å². The van der Waals surface area contributed by atoms with E-state index in [-0.39, 0.29) is 10.6 Å². The maximum atomic E-state index is 10.7. The number of rotatable bonds is 5. The molecule has 0 amide bonds. The second-order valence-electron chi connectivity index (χ2n) is 4.28. The lowest BCUT2D eigenvalue weighted by molar-refractivity contribution is -0.424. The summed E-state index contributed by atoms with van der Waals surface area (Å²) in [5, 5.41) is 14.4. The van der Waals surface area contributed by atoms with Crippen molar-refractivity contribution >= 4 is 17.4 Å². The first kappa shape index (κ1) is 14.6. The largest absolute Gasteiger partial charge is 0.345 e. The van der Waals surface area contributed by atoms with Crippen molar-refractivity contribution in [3.63, 3.8) is 0 Å². The van der Waals surface area contributed by atoms with Crippen molar-refractivity contribution < 1.29 is 4.92 Å². The van der Waals surface area contributed by atoms with Gasteiger partial charge in [0.2, 0.25) is 0 Å². The molecule has 0 aliphatic rings. The molecule has 0 radical (unpaired) electrons. The molecule has 98 valence electrons. The summed E-state index contributed by atoms with van der Waals surface area (Å²) >= 11 is 1.34. The Kier molecular flexibility index (Phi) is 5.22. The Hall–Kier alpha value is -1.49. The summed E-state index contributed by atoms with van der Waals surface area (Å²) in [4.78, 5) is 10.4. The molecule has 18 heavy (non-hydrogen) atoms.